The van der Waals surface area contributed by atoms with E-state index in [1.807, 2.05) is 36.4 Å². The number of fused-ring (bicyclic) bond motifs is 5. The van der Waals surface area contributed by atoms with Crippen LogP contribution in [0.5, 0.6) is 0 Å². The molecule has 1 aliphatic heterocycles. The van der Waals surface area contributed by atoms with E-state index < -0.39 is 17.8 Å². The highest BCUT2D eigenvalue weighted by atomic mass is 35.5. The number of carbonyl (C=O) groups is 3. The van der Waals surface area contributed by atoms with Crippen LogP contribution in [-0.2, 0) is 14.3 Å². The van der Waals surface area contributed by atoms with Gasteiger partial charge in [-0.05, 0) is 40.5 Å². The van der Waals surface area contributed by atoms with Gasteiger partial charge in [0, 0.05) is 11.8 Å². The molecule has 1 saturated carbocycles. The molecule has 2 aliphatic carbocycles. The Kier molecular flexibility index (Phi) is 5.38. The molecule has 1 heterocycles. The number of carbonyl (C=O) groups excluding carboxylic acids is 3. The summed E-state index contributed by atoms with van der Waals surface area (Å²) in [4.78, 5) is 40.9. The van der Waals surface area contributed by atoms with Gasteiger partial charge in [-0.2, -0.15) is 0 Å². The molecule has 5 nitrogen and oxygen atoms in total. The van der Waals surface area contributed by atoms with Crippen molar-refractivity contribution in [1.29, 1.82) is 0 Å². The molecule has 4 atom stereocenters. The molecule has 36 heavy (non-hydrogen) atoms. The van der Waals surface area contributed by atoms with Gasteiger partial charge in [-0.15, -0.1) is 0 Å². The molecule has 3 aromatic rings. The van der Waals surface area contributed by atoms with Crippen LogP contribution in [0, 0.1) is 23.7 Å². The lowest BCUT2D eigenvalue weighted by molar-refractivity contribution is -0.122. The number of anilines is 1. The zero-order valence-corrected chi connectivity index (χ0v) is 20.2. The van der Waals surface area contributed by atoms with Gasteiger partial charge in [0.05, 0.1) is 35.2 Å². The van der Waals surface area contributed by atoms with E-state index in [2.05, 4.69) is 36.4 Å². The molecule has 2 bridgehead atoms. The topological polar surface area (TPSA) is 63.7 Å². The van der Waals surface area contributed by atoms with E-state index in [1.165, 1.54) is 24.1 Å². The van der Waals surface area contributed by atoms with Crippen molar-refractivity contribution >= 4 is 40.6 Å². The predicted molar refractivity (Wildman–Crippen MR) is 137 cm³/mol. The average molecular weight is 496 g/mol. The Morgan fingerprint density at radius 2 is 1.33 bits per heavy atom. The van der Waals surface area contributed by atoms with E-state index in [0.717, 1.165) is 22.3 Å². The highest BCUT2D eigenvalue weighted by molar-refractivity contribution is 6.34. The fourth-order valence-electron chi connectivity index (χ4n) is 5.98. The molecular weight excluding hydrogens is 474 g/mol. The van der Waals surface area contributed by atoms with Gasteiger partial charge in [0.15, 0.2) is 0 Å². The summed E-state index contributed by atoms with van der Waals surface area (Å²) in [6.45, 7) is 0. The fourth-order valence-corrected chi connectivity index (χ4v) is 6.17. The van der Waals surface area contributed by atoms with Crippen LogP contribution in [-0.4, -0.2) is 24.9 Å². The lowest BCUT2D eigenvalue weighted by Gasteiger charge is -2.22. The van der Waals surface area contributed by atoms with E-state index in [9.17, 15) is 14.4 Å². The van der Waals surface area contributed by atoms with Gasteiger partial charge in [0.1, 0.15) is 0 Å². The number of hydrogen-bond donors (Lipinski definition) is 0. The Morgan fingerprint density at radius 3 is 1.83 bits per heavy atom. The summed E-state index contributed by atoms with van der Waals surface area (Å²) >= 11 is 6.17. The minimum atomic E-state index is -0.622. The normalized spacial score (nSPS) is 23.8. The van der Waals surface area contributed by atoms with Gasteiger partial charge in [-0.3, -0.25) is 9.59 Å². The molecule has 178 valence electrons. The standard InChI is InChI=1S/C30H22ClNO4/c1-36-30(35)22-16-19(12-15-23(22)31)32-28(33)26-20-13-14-21(27(26)29(32)34)25(20)24(17-8-4-2-5-9-17)18-10-6-3-7-11-18/h2-16,20-21,26-27H,1H3/t20-,21+,26-,27+. The maximum absolute atomic E-state index is 13.8. The smallest absolute Gasteiger partial charge is 0.339 e. The average Bonchev–Trinajstić information content (AvgIpc) is 3.54. The van der Waals surface area contributed by atoms with Crippen LogP contribution in [0.4, 0.5) is 5.69 Å². The number of imide groups is 1. The first-order valence-electron chi connectivity index (χ1n) is 11.8. The maximum atomic E-state index is 13.8. The molecular formula is C30H22ClNO4. The van der Waals surface area contributed by atoms with E-state index in [-0.39, 0.29) is 34.2 Å². The van der Waals surface area contributed by atoms with Crippen molar-refractivity contribution in [2.75, 3.05) is 12.0 Å². The predicted octanol–water partition coefficient (Wildman–Crippen LogP) is 5.55. The summed E-state index contributed by atoms with van der Waals surface area (Å²) in [5.41, 5.74) is 4.78. The zero-order chi connectivity index (χ0) is 25.0. The molecule has 0 radical (unpaired) electrons. The second-order valence-corrected chi connectivity index (χ2v) is 9.63. The largest absolute Gasteiger partial charge is 0.465 e. The Hall–Kier alpha value is -3.96. The quantitative estimate of drug-likeness (QED) is 0.270. The van der Waals surface area contributed by atoms with Gasteiger partial charge in [0.25, 0.3) is 0 Å². The number of benzene rings is 3. The van der Waals surface area contributed by atoms with E-state index in [0.29, 0.717) is 5.69 Å². The summed E-state index contributed by atoms with van der Waals surface area (Å²) in [7, 11) is 1.26. The number of nitrogens with zero attached hydrogens (tertiary/aromatic N) is 1. The van der Waals surface area contributed by atoms with Crippen molar-refractivity contribution < 1.29 is 19.1 Å². The van der Waals surface area contributed by atoms with Crippen molar-refractivity contribution in [1.82, 2.24) is 0 Å². The molecule has 6 heteroatoms. The Balaban J connectivity index is 1.45. The van der Waals surface area contributed by atoms with Crippen LogP contribution in [0.2, 0.25) is 5.02 Å². The SMILES string of the molecule is COC(=O)c1cc(N2C(=O)[C@@H]3[C@H](C2=O)[C@@H]2C=C[C@H]3C2=C(c2ccccc2)c2ccccc2)ccc1Cl. The summed E-state index contributed by atoms with van der Waals surface area (Å²) in [5, 5.41) is 0.201. The van der Waals surface area contributed by atoms with Crippen molar-refractivity contribution in [2.45, 2.75) is 0 Å². The van der Waals surface area contributed by atoms with Gasteiger partial charge < -0.3 is 4.74 Å². The fraction of sp³-hybridized carbons (Fsp3) is 0.167. The first kappa shape index (κ1) is 22.5. The third-order valence-corrected chi connectivity index (χ3v) is 7.77. The summed E-state index contributed by atoms with van der Waals surface area (Å²) in [5.74, 6) is -2.45. The van der Waals surface area contributed by atoms with Crippen molar-refractivity contribution in [2.24, 2.45) is 23.7 Å². The molecule has 2 fully saturated rings. The van der Waals surface area contributed by atoms with Crippen molar-refractivity contribution in [3.05, 3.63) is 118 Å². The second-order valence-electron chi connectivity index (χ2n) is 9.22. The number of methoxy groups -OCH3 is 1. The number of amides is 2. The number of rotatable bonds is 4. The minimum Gasteiger partial charge on any atom is -0.465 e. The molecule has 0 N–H and O–H groups in total. The lowest BCUT2D eigenvalue weighted by atomic mass is 9.85. The molecule has 2 amide bonds. The van der Waals surface area contributed by atoms with Gasteiger partial charge in [-0.25, -0.2) is 9.69 Å². The first-order valence-corrected chi connectivity index (χ1v) is 12.2. The van der Waals surface area contributed by atoms with Crippen LogP contribution < -0.4 is 4.90 Å². The second kappa shape index (κ2) is 8.61. The van der Waals surface area contributed by atoms with Crippen LogP contribution in [0.3, 0.4) is 0 Å². The van der Waals surface area contributed by atoms with Crippen molar-refractivity contribution in [3.63, 3.8) is 0 Å². The molecule has 3 aromatic carbocycles. The summed E-state index contributed by atoms with van der Waals surface area (Å²) in [6.07, 6.45) is 4.15. The number of hydrogen-bond acceptors (Lipinski definition) is 4. The third-order valence-electron chi connectivity index (χ3n) is 7.44. The first-order chi connectivity index (χ1) is 17.5. The summed E-state index contributed by atoms with van der Waals surface area (Å²) < 4.78 is 4.80. The van der Waals surface area contributed by atoms with E-state index >= 15 is 0 Å². The minimum absolute atomic E-state index is 0.117. The molecule has 0 aromatic heterocycles. The van der Waals surface area contributed by atoms with Gasteiger partial charge >= 0.3 is 5.97 Å². The van der Waals surface area contributed by atoms with Crippen LogP contribution in [0.15, 0.2) is 96.6 Å². The lowest BCUT2D eigenvalue weighted by Crippen LogP contribution is -2.33. The van der Waals surface area contributed by atoms with Crippen LogP contribution in [0.25, 0.3) is 5.57 Å². The van der Waals surface area contributed by atoms with Crippen LogP contribution in [0.1, 0.15) is 21.5 Å². The zero-order valence-electron chi connectivity index (χ0n) is 19.4. The molecule has 3 aliphatic rings. The number of halogens is 1. The van der Waals surface area contributed by atoms with Crippen molar-refractivity contribution in [3.8, 4) is 0 Å². The Bertz CT molecular complexity index is 1390. The number of allylic oxidation sites excluding steroid dienone is 3. The van der Waals surface area contributed by atoms with E-state index in [1.54, 1.807) is 6.07 Å². The Labute approximate surface area is 213 Å². The van der Waals surface area contributed by atoms with E-state index in [4.69, 9.17) is 16.3 Å². The number of esters is 1. The summed E-state index contributed by atoms with van der Waals surface area (Å²) in [6, 6.07) is 24.8. The van der Waals surface area contributed by atoms with Gasteiger partial charge in [0.2, 0.25) is 11.8 Å². The molecule has 0 spiro atoms. The Morgan fingerprint density at radius 1 is 0.806 bits per heavy atom. The highest BCUT2D eigenvalue weighted by Gasteiger charge is 2.62. The monoisotopic (exact) mass is 495 g/mol. The molecule has 0 unspecified atom stereocenters. The molecule has 1 saturated heterocycles. The highest BCUT2D eigenvalue weighted by Crippen LogP contribution is 2.58. The third kappa shape index (κ3) is 3.27. The van der Waals surface area contributed by atoms with Crippen LogP contribution >= 0.6 is 11.6 Å². The molecule has 6 rings (SSSR count). The maximum Gasteiger partial charge on any atom is 0.339 e. The van der Waals surface area contributed by atoms with Gasteiger partial charge in [-0.1, -0.05) is 84.4 Å². The number of ether oxygens (including phenoxy) is 1.